The number of pyridine rings is 1. The van der Waals surface area contributed by atoms with Crippen molar-refractivity contribution in [3.05, 3.63) is 108 Å². The Morgan fingerprint density at radius 1 is 0.844 bits per heavy atom. The molecule has 0 atom stereocenters. The third-order valence-electron chi connectivity index (χ3n) is 4.88. The quantitative estimate of drug-likeness (QED) is 0.379. The van der Waals surface area contributed by atoms with Gasteiger partial charge in [0.05, 0.1) is 0 Å². The number of nitrogen functional groups attached to an aromatic ring is 1. The number of ether oxygens (including phenoxy) is 1. The van der Waals surface area contributed by atoms with Crippen molar-refractivity contribution >= 4 is 17.5 Å². The van der Waals surface area contributed by atoms with E-state index in [4.69, 9.17) is 10.5 Å². The molecule has 2 amide bonds. The van der Waals surface area contributed by atoms with Gasteiger partial charge >= 0.3 is 6.03 Å². The number of aromatic nitrogens is 1. The first kappa shape index (κ1) is 20.9. The van der Waals surface area contributed by atoms with Crippen LogP contribution in [0, 0.1) is 0 Å². The molecule has 6 heteroatoms. The van der Waals surface area contributed by atoms with Crippen molar-refractivity contribution < 1.29 is 9.53 Å². The van der Waals surface area contributed by atoms with E-state index in [1.54, 1.807) is 12.3 Å². The Kier molecular flexibility index (Phi) is 6.63. The molecule has 4 rings (SSSR count). The highest BCUT2D eigenvalue weighted by Gasteiger charge is 2.06. The fourth-order valence-corrected chi connectivity index (χ4v) is 3.19. The number of nitrogens with zero attached hydrogens (tertiary/aromatic N) is 1. The smallest absolute Gasteiger partial charge is 0.319 e. The molecule has 160 valence electrons. The number of benzene rings is 3. The SMILES string of the molecule is Nc1ccc(CNC(=O)Nc2ccc(COc3ccccc3-c3ccccc3)cc2)cn1. The molecule has 1 heterocycles. The van der Waals surface area contributed by atoms with E-state index in [-0.39, 0.29) is 6.03 Å². The number of hydrogen-bond donors (Lipinski definition) is 3. The van der Waals surface area contributed by atoms with Crippen LogP contribution in [0.25, 0.3) is 11.1 Å². The number of carbonyl (C=O) groups excluding carboxylic acids is 1. The molecule has 0 saturated heterocycles. The molecule has 32 heavy (non-hydrogen) atoms. The Bertz CT molecular complexity index is 1160. The van der Waals surface area contributed by atoms with Crippen molar-refractivity contribution in [1.82, 2.24) is 10.3 Å². The summed E-state index contributed by atoms with van der Waals surface area (Å²) >= 11 is 0. The summed E-state index contributed by atoms with van der Waals surface area (Å²) in [5.41, 5.74) is 10.3. The summed E-state index contributed by atoms with van der Waals surface area (Å²) in [5, 5.41) is 5.61. The van der Waals surface area contributed by atoms with Crippen LogP contribution in [0.15, 0.2) is 97.2 Å². The molecule has 3 aromatic carbocycles. The first-order valence-corrected chi connectivity index (χ1v) is 10.3. The van der Waals surface area contributed by atoms with E-state index in [1.807, 2.05) is 66.7 Å². The zero-order valence-corrected chi connectivity index (χ0v) is 17.5. The summed E-state index contributed by atoms with van der Waals surface area (Å²) in [5.74, 6) is 1.28. The maximum absolute atomic E-state index is 12.1. The van der Waals surface area contributed by atoms with Gasteiger partial charge in [-0.2, -0.15) is 0 Å². The molecule has 0 aliphatic carbocycles. The number of hydrogen-bond acceptors (Lipinski definition) is 4. The number of para-hydroxylation sites is 1. The summed E-state index contributed by atoms with van der Waals surface area (Å²) < 4.78 is 6.08. The van der Waals surface area contributed by atoms with Crippen LogP contribution in [0.4, 0.5) is 16.3 Å². The zero-order chi connectivity index (χ0) is 22.2. The topological polar surface area (TPSA) is 89.3 Å². The average Bonchev–Trinajstić information content (AvgIpc) is 2.84. The van der Waals surface area contributed by atoms with Gasteiger partial charge < -0.3 is 21.1 Å². The second kappa shape index (κ2) is 10.1. The van der Waals surface area contributed by atoms with Crippen LogP contribution in [0.5, 0.6) is 5.75 Å². The van der Waals surface area contributed by atoms with Crippen molar-refractivity contribution in [2.45, 2.75) is 13.2 Å². The first-order valence-electron chi connectivity index (χ1n) is 10.3. The van der Waals surface area contributed by atoms with Gasteiger partial charge in [0.25, 0.3) is 0 Å². The lowest BCUT2D eigenvalue weighted by Crippen LogP contribution is -2.28. The van der Waals surface area contributed by atoms with Crippen molar-refractivity contribution in [2.24, 2.45) is 0 Å². The summed E-state index contributed by atoms with van der Waals surface area (Å²) in [6.07, 6.45) is 1.64. The normalized spacial score (nSPS) is 10.4. The molecule has 0 saturated carbocycles. The van der Waals surface area contributed by atoms with Crippen LogP contribution in [0.2, 0.25) is 0 Å². The molecule has 1 aromatic heterocycles. The molecule has 4 aromatic rings. The van der Waals surface area contributed by atoms with Crippen molar-refractivity contribution in [1.29, 1.82) is 0 Å². The van der Waals surface area contributed by atoms with E-state index in [1.165, 1.54) is 0 Å². The summed E-state index contributed by atoms with van der Waals surface area (Å²) in [6.45, 7) is 0.798. The average molecular weight is 425 g/mol. The predicted octanol–water partition coefficient (Wildman–Crippen LogP) is 5.23. The van der Waals surface area contributed by atoms with Gasteiger partial charge in [-0.15, -0.1) is 0 Å². The van der Waals surface area contributed by atoms with Crippen LogP contribution in [-0.4, -0.2) is 11.0 Å². The maximum Gasteiger partial charge on any atom is 0.319 e. The highest BCUT2D eigenvalue weighted by molar-refractivity contribution is 5.89. The molecule has 0 aliphatic rings. The molecule has 4 N–H and O–H groups in total. The molecule has 0 radical (unpaired) electrons. The molecule has 0 aliphatic heterocycles. The lowest BCUT2D eigenvalue weighted by atomic mass is 10.0. The van der Waals surface area contributed by atoms with Gasteiger partial charge in [0.2, 0.25) is 0 Å². The predicted molar refractivity (Wildman–Crippen MR) is 127 cm³/mol. The van der Waals surface area contributed by atoms with Gasteiger partial charge in [-0.3, -0.25) is 0 Å². The third-order valence-corrected chi connectivity index (χ3v) is 4.88. The minimum atomic E-state index is -0.289. The highest BCUT2D eigenvalue weighted by atomic mass is 16.5. The first-order chi connectivity index (χ1) is 15.7. The van der Waals surface area contributed by atoms with Crippen LogP contribution in [0.3, 0.4) is 0 Å². The second-order valence-electron chi connectivity index (χ2n) is 7.25. The Hall–Kier alpha value is -4.32. The van der Waals surface area contributed by atoms with Gasteiger partial charge in [0, 0.05) is 24.0 Å². The minimum absolute atomic E-state index is 0.289. The van der Waals surface area contributed by atoms with Gasteiger partial charge in [-0.05, 0) is 41.0 Å². The van der Waals surface area contributed by atoms with Gasteiger partial charge in [-0.1, -0.05) is 66.7 Å². The third kappa shape index (κ3) is 5.64. The zero-order valence-electron chi connectivity index (χ0n) is 17.5. The number of carbonyl (C=O) groups is 1. The fourth-order valence-electron chi connectivity index (χ4n) is 3.19. The lowest BCUT2D eigenvalue weighted by molar-refractivity contribution is 0.251. The molecule has 0 bridgehead atoms. The van der Waals surface area contributed by atoms with Crippen molar-refractivity contribution in [3.8, 4) is 16.9 Å². The van der Waals surface area contributed by atoms with Crippen LogP contribution >= 0.6 is 0 Å². The molecule has 0 fully saturated rings. The number of rotatable bonds is 7. The molecule has 6 nitrogen and oxygen atoms in total. The van der Waals surface area contributed by atoms with E-state index in [2.05, 4.69) is 33.8 Å². The summed E-state index contributed by atoms with van der Waals surface area (Å²) in [6, 6.07) is 29.0. The number of urea groups is 1. The Balaban J connectivity index is 1.31. The van der Waals surface area contributed by atoms with Crippen LogP contribution < -0.4 is 21.1 Å². The van der Waals surface area contributed by atoms with Crippen molar-refractivity contribution in [3.63, 3.8) is 0 Å². The fraction of sp³-hybridized carbons (Fsp3) is 0.0769. The Morgan fingerprint density at radius 2 is 1.56 bits per heavy atom. The van der Waals surface area contributed by atoms with Gasteiger partial charge in [-0.25, -0.2) is 9.78 Å². The molecule has 0 unspecified atom stereocenters. The largest absolute Gasteiger partial charge is 0.488 e. The van der Waals surface area contributed by atoms with Crippen molar-refractivity contribution in [2.75, 3.05) is 11.1 Å². The van der Waals surface area contributed by atoms with Crippen LogP contribution in [0.1, 0.15) is 11.1 Å². The standard InChI is InChI=1S/C26H24N4O2/c27-25-15-12-20(16-28-25)17-29-26(31)30-22-13-10-19(11-14-22)18-32-24-9-5-4-8-23(24)21-6-2-1-3-7-21/h1-16H,17-18H2,(H2,27,28)(H2,29,30,31). The number of nitrogens with one attached hydrogen (secondary N) is 2. The minimum Gasteiger partial charge on any atom is -0.488 e. The molecular formula is C26H24N4O2. The Morgan fingerprint density at radius 3 is 2.31 bits per heavy atom. The summed E-state index contributed by atoms with van der Waals surface area (Å²) in [7, 11) is 0. The lowest BCUT2D eigenvalue weighted by Gasteiger charge is -2.12. The van der Waals surface area contributed by atoms with Gasteiger partial charge in [0.15, 0.2) is 0 Å². The number of amides is 2. The highest BCUT2D eigenvalue weighted by Crippen LogP contribution is 2.30. The van der Waals surface area contributed by atoms with Crippen LogP contribution in [-0.2, 0) is 13.2 Å². The van der Waals surface area contributed by atoms with E-state index in [0.717, 1.165) is 28.0 Å². The second-order valence-corrected chi connectivity index (χ2v) is 7.25. The molecule has 0 spiro atoms. The molecular weight excluding hydrogens is 400 g/mol. The Labute approximate surface area is 187 Å². The summed E-state index contributed by atoms with van der Waals surface area (Å²) in [4.78, 5) is 16.1. The van der Waals surface area contributed by atoms with E-state index in [9.17, 15) is 4.79 Å². The van der Waals surface area contributed by atoms with E-state index < -0.39 is 0 Å². The maximum atomic E-state index is 12.1. The van der Waals surface area contributed by atoms with E-state index >= 15 is 0 Å². The number of nitrogens with two attached hydrogens (primary N) is 1. The van der Waals surface area contributed by atoms with E-state index in [0.29, 0.717) is 24.7 Å². The number of anilines is 2. The monoisotopic (exact) mass is 424 g/mol. The van der Waals surface area contributed by atoms with Gasteiger partial charge in [0.1, 0.15) is 18.2 Å².